The molecule has 1 aromatic heterocycles. The Morgan fingerprint density at radius 2 is 1.89 bits per heavy atom. The van der Waals surface area contributed by atoms with Gasteiger partial charge in [0, 0.05) is 24.6 Å². The number of aliphatic imine (C=N–C) groups is 1. The van der Waals surface area contributed by atoms with Crippen molar-refractivity contribution in [2.45, 2.75) is 19.9 Å². The molecule has 3 heterocycles. The van der Waals surface area contributed by atoms with E-state index in [-0.39, 0.29) is 5.82 Å². The Balaban J connectivity index is 1.87. The first-order valence-electron chi connectivity index (χ1n) is 11.7. The zero-order chi connectivity index (χ0) is 25.3. The molecule has 0 aliphatic carbocycles. The van der Waals surface area contributed by atoms with Crippen molar-refractivity contribution in [1.82, 2.24) is 19.1 Å². The molecule has 0 bridgehead atoms. The largest absolute Gasteiger partial charge is 0.379 e. The Hall–Kier alpha value is -2.83. The number of hydrogen-bond acceptors (Lipinski definition) is 5. The average molecular weight is 570 g/mol. The average Bonchev–Trinajstić information content (AvgIpc) is 3.21. The molecule has 36 heavy (non-hydrogen) atoms. The molecule has 0 N–H and O–H groups in total. The molecular formula is C25H26BrFN7OP. The summed E-state index contributed by atoms with van der Waals surface area (Å²) in [5.41, 5.74) is 2.01. The van der Waals surface area contributed by atoms with Gasteiger partial charge in [-0.2, -0.15) is 10.4 Å². The van der Waals surface area contributed by atoms with Crippen molar-refractivity contribution in [2.24, 2.45) is 9.74 Å². The Morgan fingerprint density at radius 3 is 2.61 bits per heavy atom. The van der Waals surface area contributed by atoms with Crippen LogP contribution in [0.1, 0.15) is 17.7 Å². The van der Waals surface area contributed by atoms with Crippen LogP contribution in [0.5, 0.6) is 0 Å². The monoisotopic (exact) mass is 569 g/mol. The summed E-state index contributed by atoms with van der Waals surface area (Å²) >= 11 is 3.68. The molecular weight excluding hydrogens is 544 g/mol. The molecule has 0 amide bonds. The van der Waals surface area contributed by atoms with E-state index in [1.807, 2.05) is 44.3 Å². The highest BCUT2D eigenvalue weighted by atomic mass is 79.9. The highest BCUT2D eigenvalue weighted by Gasteiger charge is 2.45. The molecule has 1 unspecified atom stereocenters. The van der Waals surface area contributed by atoms with Crippen molar-refractivity contribution < 1.29 is 9.13 Å². The van der Waals surface area contributed by atoms with Crippen LogP contribution in [0, 0.1) is 24.1 Å². The van der Waals surface area contributed by atoms with E-state index in [1.54, 1.807) is 16.8 Å². The minimum absolute atomic E-state index is 0.290. The molecule has 1 fully saturated rings. The van der Waals surface area contributed by atoms with Crippen molar-refractivity contribution in [3.05, 3.63) is 70.1 Å². The maximum atomic E-state index is 15.2. The minimum Gasteiger partial charge on any atom is -0.379 e. The molecule has 186 valence electrons. The third kappa shape index (κ3) is 4.20. The fourth-order valence-electron chi connectivity index (χ4n) is 4.69. The molecule has 2 aliphatic rings. The molecule has 0 spiro atoms. The van der Waals surface area contributed by atoms with Gasteiger partial charge < -0.3 is 9.41 Å². The normalized spacial score (nSPS) is 20.0. The van der Waals surface area contributed by atoms with E-state index in [9.17, 15) is 5.26 Å². The number of hydrogen-bond donors (Lipinski definition) is 0. The van der Waals surface area contributed by atoms with Crippen molar-refractivity contribution in [1.29, 1.82) is 5.26 Å². The van der Waals surface area contributed by atoms with Crippen LogP contribution in [-0.4, -0.2) is 58.3 Å². The van der Waals surface area contributed by atoms with E-state index in [2.05, 4.69) is 31.3 Å². The number of nitriles is 1. The van der Waals surface area contributed by atoms with Gasteiger partial charge in [-0.25, -0.2) is 23.5 Å². The van der Waals surface area contributed by atoms with Crippen LogP contribution in [0.3, 0.4) is 0 Å². The Kier molecular flexibility index (Phi) is 7.09. The van der Waals surface area contributed by atoms with Gasteiger partial charge in [-0.1, -0.05) is 24.3 Å². The molecule has 5 rings (SSSR count). The maximum absolute atomic E-state index is 15.2. The summed E-state index contributed by atoms with van der Waals surface area (Å²) in [6.45, 7) is 4.83. The van der Waals surface area contributed by atoms with Gasteiger partial charge in [0.15, 0.2) is 13.2 Å². The second-order valence-electron chi connectivity index (χ2n) is 8.51. The lowest BCUT2D eigenvalue weighted by atomic mass is 10.2. The first-order valence-corrected chi connectivity index (χ1v) is 14.1. The van der Waals surface area contributed by atoms with E-state index in [1.165, 1.54) is 6.07 Å². The van der Waals surface area contributed by atoms with E-state index < -0.39 is 7.36 Å². The van der Waals surface area contributed by atoms with Crippen LogP contribution in [0.4, 0.5) is 15.9 Å². The predicted octanol–water partition coefficient (Wildman–Crippen LogP) is 5.35. The topological polar surface area (TPSA) is 82.0 Å². The fourth-order valence-corrected chi connectivity index (χ4v) is 9.05. The molecule has 8 nitrogen and oxygen atoms in total. The van der Waals surface area contributed by atoms with Gasteiger partial charge >= 0.3 is 0 Å². The first kappa shape index (κ1) is 24.8. The quantitative estimate of drug-likeness (QED) is 0.387. The lowest BCUT2D eigenvalue weighted by Gasteiger charge is -2.46. The van der Waals surface area contributed by atoms with Gasteiger partial charge in [-0.3, -0.25) is 0 Å². The summed E-state index contributed by atoms with van der Waals surface area (Å²) in [7, 11) is -0.820. The summed E-state index contributed by atoms with van der Waals surface area (Å²) in [5.74, 6) is 0.774. The van der Waals surface area contributed by atoms with Gasteiger partial charge in [0.1, 0.15) is 11.7 Å². The van der Waals surface area contributed by atoms with Crippen LogP contribution in [-0.2, 0) is 11.3 Å². The number of benzene rings is 2. The van der Waals surface area contributed by atoms with Crippen molar-refractivity contribution in [3.63, 3.8) is 0 Å². The number of aryl methyl sites for hydroxylation is 2. The van der Waals surface area contributed by atoms with E-state index in [4.69, 9.17) is 19.6 Å². The van der Waals surface area contributed by atoms with Crippen molar-refractivity contribution in [2.75, 3.05) is 33.4 Å². The third-order valence-electron chi connectivity index (χ3n) is 6.34. The number of ether oxygens (including phenoxy) is 1. The number of amidine groups is 1. The van der Waals surface area contributed by atoms with E-state index in [0.29, 0.717) is 56.5 Å². The Bertz CT molecular complexity index is 1420. The van der Waals surface area contributed by atoms with E-state index >= 15 is 4.39 Å². The van der Waals surface area contributed by atoms with Gasteiger partial charge in [-0.15, -0.1) is 0 Å². The van der Waals surface area contributed by atoms with Gasteiger partial charge in [0.2, 0.25) is 0 Å². The predicted molar refractivity (Wildman–Crippen MR) is 143 cm³/mol. The minimum atomic E-state index is -2.77. The van der Waals surface area contributed by atoms with Crippen LogP contribution in [0.15, 0.2) is 62.7 Å². The molecule has 2 aliphatic heterocycles. The number of morpholine rings is 1. The molecule has 0 radical (unpaired) electrons. The molecule has 3 aromatic rings. The summed E-state index contributed by atoms with van der Waals surface area (Å²) in [4.78, 5) is 4.98. The number of rotatable bonds is 5. The number of halogens is 2. The lowest BCUT2D eigenvalue weighted by Crippen LogP contribution is -2.45. The summed E-state index contributed by atoms with van der Waals surface area (Å²) in [5, 5.41) is 15.0. The molecule has 1 atom stereocenters. The van der Waals surface area contributed by atoms with Crippen molar-refractivity contribution >= 4 is 45.9 Å². The molecule has 11 heteroatoms. The molecule has 1 saturated heterocycles. The number of fused-ring (bicyclic) bond motifs is 1. The SMILES string of the molecule is Cc1nn(CCC#N)c2c1P(=Nc1ccccc1Br)(N1CCOCC1)N(C)C(c1ccccc1F)=N2. The fraction of sp³-hybridized carbons (Fsp3) is 0.320. The highest BCUT2D eigenvalue weighted by molar-refractivity contribution is 9.10. The standard InChI is InChI=1S/C25H26BrFN7OP/c1-18-23-25(34(30-18)13-7-12-28)29-24(19-8-3-5-10-21(19)27)32(2)36(23,33-14-16-35-17-15-33)31-22-11-6-4-9-20(22)26/h3-6,8-11H,7,13-17H2,1-2H3. The maximum Gasteiger partial charge on any atom is 0.165 e. The van der Waals surface area contributed by atoms with Crippen molar-refractivity contribution in [3.8, 4) is 6.07 Å². The smallest absolute Gasteiger partial charge is 0.165 e. The van der Waals surface area contributed by atoms with Gasteiger partial charge in [-0.05, 0) is 47.1 Å². The first-order chi connectivity index (χ1) is 17.5. The third-order valence-corrected chi connectivity index (χ3v) is 10.8. The van der Waals surface area contributed by atoms with Crippen LogP contribution < -0.4 is 5.30 Å². The lowest BCUT2D eigenvalue weighted by molar-refractivity contribution is 0.0732. The van der Waals surface area contributed by atoms with Crippen LogP contribution in [0.2, 0.25) is 0 Å². The Labute approximate surface area is 218 Å². The molecule has 0 saturated carbocycles. The highest BCUT2D eigenvalue weighted by Crippen LogP contribution is 2.62. The van der Waals surface area contributed by atoms with Crippen LogP contribution >= 0.6 is 23.3 Å². The second kappa shape index (κ2) is 10.3. The van der Waals surface area contributed by atoms with Gasteiger partial charge in [0.05, 0.1) is 54.5 Å². The number of nitrogens with zero attached hydrogens (tertiary/aromatic N) is 7. The second-order valence-corrected chi connectivity index (χ2v) is 12.3. The van der Waals surface area contributed by atoms with E-state index in [0.717, 1.165) is 21.2 Å². The number of aromatic nitrogens is 2. The zero-order valence-corrected chi connectivity index (χ0v) is 22.6. The van der Waals surface area contributed by atoms with Crippen LogP contribution in [0.25, 0.3) is 0 Å². The molecule has 2 aromatic carbocycles. The summed E-state index contributed by atoms with van der Waals surface area (Å²) < 4.78 is 33.4. The zero-order valence-electron chi connectivity index (χ0n) is 20.1. The summed E-state index contributed by atoms with van der Waals surface area (Å²) in [6.07, 6.45) is 0.290. The Morgan fingerprint density at radius 1 is 1.17 bits per heavy atom. The van der Waals surface area contributed by atoms with Gasteiger partial charge in [0.25, 0.3) is 0 Å². The summed E-state index contributed by atoms with van der Waals surface area (Å²) in [6, 6.07) is 16.7.